The Bertz CT molecular complexity index is 389. The van der Waals surface area contributed by atoms with Crippen LogP contribution in [0.4, 0.5) is 4.79 Å². The van der Waals surface area contributed by atoms with Crippen LogP contribution in [0.15, 0.2) is 0 Å². The SMILES string of the molecule is CC1CCC(CNC2CCC(N(C)C(=O)OC(C)(C)C)CC2)CC1. The molecule has 0 bridgehead atoms. The molecule has 1 amide bonds. The normalized spacial score (nSPS) is 31.5. The van der Waals surface area contributed by atoms with Gasteiger partial charge in [-0.15, -0.1) is 0 Å². The summed E-state index contributed by atoms with van der Waals surface area (Å²) in [4.78, 5) is 14.0. The maximum Gasteiger partial charge on any atom is 0.410 e. The van der Waals surface area contributed by atoms with E-state index in [1.807, 2.05) is 32.7 Å². The molecule has 0 unspecified atom stereocenters. The molecule has 0 saturated heterocycles. The maximum atomic E-state index is 12.2. The molecule has 24 heavy (non-hydrogen) atoms. The Morgan fingerprint density at radius 1 is 1.04 bits per heavy atom. The van der Waals surface area contributed by atoms with Gasteiger partial charge in [-0.1, -0.05) is 19.8 Å². The molecule has 0 aromatic rings. The summed E-state index contributed by atoms with van der Waals surface area (Å²) < 4.78 is 5.49. The van der Waals surface area contributed by atoms with Gasteiger partial charge in [0.2, 0.25) is 0 Å². The minimum absolute atomic E-state index is 0.185. The predicted octanol–water partition coefficient (Wildman–Crippen LogP) is 4.58. The van der Waals surface area contributed by atoms with E-state index >= 15 is 0 Å². The predicted molar refractivity (Wildman–Crippen MR) is 99.2 cm³/mol. The number of ether oxygens (including phenoxy) is 1. The molecule has 0 atom stereocenters. The van der Waals surface area contributed by atoms with Crippen LogP contribution in [0.2, 0.25) is 0 Å². The van der Waals surface area contributed by atoms with Crippen molar-refractivity contribution in [3.8, 4) is 0 Å². The van der Waals surface area contributed by atoms with Gasteiger partial charge < -0.3 is 15.0 Å². The molecule has 0 heterocycles. The molecule has 0 aromatic heterocycles. The highest BCUT2D eigenvalue weighted by atomic mass is 16.6. The molecule has 4 heteroatoms. The van der Waals surface area contributed by atoms with Crippen LogP contribution in [0, 0.1) is 11.8 Å². The Labute approximate surface area is 148 Å². The molecule has 1 N–H and O–H groups in total. The van der Waals surface area contributed by atoms with Crippen LogP contribution in [-0.4, -0.2) is 42.3 Å². The monoisotopic (exact) mass is 338 g/mol. The van der Waals surface area contributed by atoms with Gasteiger partial charge in [0.25, 0.3) is 0 Å². The second kappa shape index (κ2) is 8.55. The third-order valence-corrected chi connectivity index (χ3v) is 5.76. The molecule has 2 aliphatic rings. The quantitative estimate of drug-likeness (QED) is 0.816. The second-order valence-corrected chi connectivity index (χ2v) is 9.13. The van der Waals surface area contributed by atoms with Crippen molar-refractivity contribution in [2.24, 2.45) is 11.8 Å². The number of amides is 1. The summed E-state index contributed by atoms with van der Waals surface area (Å²) in [5.41, 5.74) is -0.415. The van der Waals surface area contributed by atoms with Crippen LogP contribution in [0.25, 0.3) is 0 Å². The first-order valence-corrected chi connectivity index (χ1v) is 9.94. The Morgan fingerprint density at radius 2 is 1.62 bits per heavy atom. The smallest absolute Gasteiger partial charge is 0.410 e. The third-order valence-electron chi connectivity index (χ3n) is 5.76. The molecular weight excluding hydrogens is 300 g/mol. The first-order valence-electron chi connectivity index (χ1n) is 9.94. The summed E-state index contributed by atoms with van der Waals surface area (Å²) >= 11 is 0. The van der Waals surface area contributed by atoms with Crippen molar-refractivity contribution in [2.45, 2.75) is 96.7 Å². The zero-order valence-corrected chi connectivity index (χ0v) is 16.4. The molecule has 2 saturated carbocycles. The number of rotatable bonds is 4. The van der Waals surface area contributed by atoms with Gasteiger partial charge >= 0.3 is 6.09 Å². The number of hydrogen-bond acceptors (Lipinski definition) is 3. The lowest BCUT2D eigenvalue weighted by Gasteiger charge is -2.36. The summed E-state index contributed by atoms with van der Waals surface area (Å²) in [6.45, 7) is 9.33. The minimum atomic E-state index is -0.415. The van der Waals surface area contributed by atoms with E-state index in [-0.39, 0.29) is 6.09 Å². The highest BCUT2D eigenvalue weighted by Crippen LogP contribution is 2.29. The van der Waals surface area contributed by atoms with Crippen LogP contribution < -0.4 is 5.32 Å². The average molecular weight is 339 g/mol. The third kappa shape index (κ3) is 6.27. The van der Waals surface area contributed by atoms with Gasteiger partial charge in [0.15, 0.2) is 0 Å². The standard InChI is InChI=1S/C20H38N2O2/c1-15-6-8-16(9-7-15)14-21-17-10-12-18(13-11-17)22(5)19(23)24-20(2,3)4/h15-18,21H,6-14H2,1-5H3. The maximum absolute atomic E-state index is 12.2. The summed E-state index contributed by atoms with van der Waals surface area (Å²) in [7, 11) is 1.88. The van der Waals surface area contributed by atoms with Gasteiger partial charge in [0.1, 0.15) is 5.60 Å². The lowest BCUT2D eigenvalue weighted by Crippen LogP contribution is -2.45. The van der Waals surface area contributed by atoms with Crippen molar-refractivity contribution in [1.82, 2.24) is 10.2 Å². The molecule has 4 nitrogen and oxygen atoms in total. The van der Waals surface area contributed by atoms with Gasteiger partial charge in [0.05, 0.1) is 0 Å². The highest BCUT2D eigenvalue weighted by molar-refractivity contribution is 5.68. The van der Waals surface area contributed by atoms with E-state index in [1.165, 1.54) is 45.1 Å². The average Bonchev–Trinajstić information content (AvgIpc) is 2.52. The number of carbonyl (C=O) groups is 1. The fourth-order valence-electron chi connectivity index (χ4n) is 4.02. The van der Waals surface area contributed by atoms with E-state index in [9.17, 15) is 4.79 Å². The number of nitrogens with one attached hydrogen (secondary N) is 1. The molecule has 0 aliphatic heterocycles. The van der Waals surface area contributed by atoms with E-state index in [2.05, 4.69) is 12.2 Å². The Balaban J connectivity index is 1.66. The van der Waals surface area contributed by atoms with Gasteiger partial charge in [0, 0.05) is 19.1 Å². The first kappa shape index (κ1) is 19.6. The fourth-order valence-corrected chi connectivity index (χ4v) is 4.02. The molecule has 140 valence electrons. The largest absolute Gasteiger partial charge is 0.444 e. The topological polar surface area (TPSA) is 41.6 Å². The zero-order valence-electron chi connectivity index (χ0n) is 16.4. The van der Waals surface area contributed by atoms with Crippen molar-refractivity contribution < 1.29 is 9.53 Å². The van der Waals surface area contributed by atoms with Crippen LogP contribution >= 0.6 is 0 Å². The van der Waals surface area contributed by atoms with Crippen LogP contribution in [0.5, 0.6) is 0 Å². The Hall–Kier alpha value is -0.770. The molecule has 0 spiro atoms. The number of hydrogen-bond donors (Lipinski definition) is 1. The van der Waals surface area contributed by atoms with Gasteiger partial charge in [-0.3, -0.25) is 0 Å². The molecule has 2 rings (SSSR count). The molecule has 2 aliphatic carbocycles. The molecule has 0 radical (unpaired) electrons. The first-order chi connectivity index (χ1) is 11.2. The lowest BCUT2D eigenvalue weighted by molar-refractivity contribution is 0.0179. The van der Waals surface area contributed by atoms with Gasteiger partial charge in [-0.2, -0.15) is 0 Å². The fraction of sp³-hybridized carbons (Fsp3) is 0.950. The van der Waals surface area contributed by atoms with Gasteiger partial charge in [-0.25, -0.2) is 4.79 Å². The van der Waals surface area contributed by atoms with E-state index < -0.39 is 5.60 Å². The summed E-state index contributed by atoms with van der Waals surface area (Å²) in [6.07, 6.45) is 9.90. The number of carbonyl (C=O) groups excluding carboxylic acids is 1. The second-order valence-electron chi connectivity index (χ2n) is 9.13. The molecule has 0 aromatic carbocycles. The number of nitrogens with zero attached hydrogens (tertiary/aromatic N) is 1. The highest BCUT2D eigenvalue weighted by Gasteiger charge is 2.29. The van der Waals surface area contributed by atoms with E-state index in [0.717, 1.165) is 24.7 Å². The Kier molecular flexibility index (Phi) is 6.97. The van der Waals surface area contributed by atoms with Crippen LogP contribution in [0.1, 0.15) is 79.1 Å². The van der Waals surface area contributed by atoms with E-state index in [0.29, 0.717) is 12.1 Å². The van der Waals surface area contributed by atoms with Gasteiger partial charge in [-0.05, 0) is 77.7 Å². The molecule has 2 fully saturated rings. The van der Waals surface area contributed by atoms with E-state index in [4.69, 9.17) is 4.74 Å². The van der Waals surface area contributed by atoms with Crippen molar-refractivity contribution in [3.05, 3.63) is 0 Å². The summed E-state index contributed by atoms with van der Waals surface area (Å²) in [5, 5.41) is 3.80. The van der Waals surface area contributed by atoms with Crippen LogP contribution in [-0.2, 0) is 4.74 Å². The van der Waals surface area contributed by atoms with Crippen molar-refractivity contribution in [3.63, 3.8) is 0 Å². The molecular formula is C20H38N2O2. The summed E-state index contributed by atoms with van der Waals surface area (Å²) in [5.74, 6) is 1.81. The van der Waals surface area contributed by atoms with Crippen molar-refractivity contribution in [1.29, 1.82) is 0 Å². The van der Waals surface area contributed by atoms with Crippen molar-refractivity contribution in [2.75, 3.05) is 13.6 Å². The summed E-state index contributed by atoms with van der Waals surface area (Å²) in [6, 6.07) is 0.959. The lowest BCUT2D eigenvalue weighted by atomic mass is 9.82. The Morgan fingerprint density at radius 3 is 2.17 bits per heavy atom. The van der Waals surface area contributed by atoms with Crippen LogP contribution in [0.3, 0.4) is 0 Å². The minimum Gasteiger partial charge on any atom is -0.444 e. The van der Waals surface area contributed by atoms with E-state index in [1.54, 1.807) is 0 Å². The zero-order chi connectivity index (χ0) is 17.7. The van der Waals surface area contributed by atoms with Crippen molar-refractivity contribution >= 4 is 6.09 Å².